The second-order valence-corrected chi connectivity index (χ2v) is 4.28. The van der Waals surface area contributed by atoms with E-state index >= 15 is 0 Å². The zero-order valence-corrected chi connectivity index (χ0v) is 11.2. The van der Waals surface area contributed by atoms with Crippen molar-refractivity contribution in [2.75, 3.05) is 20.7 Å². The molecule has 2 aromatic rings. The van der Waals surface area contributed by atoms with Gasteiger partial charge in [0.2, 0.25) is 0 Å². The number of allylic oxidation sites excluding steroid dienone is 1. The Hall–Kier alpha value is -1.74. The molecule has 1 heterocycles. The Kier molecular flexibility index (Phi) is 4.05. The van der Waals surface area contributed by atoms with Crippen LogP contribution < -0.4 is 10.1 Å². The van der Waals surface area contributed by atoms with Gasteiger partial charge in [0.1, 0.15) is 5.75 Å². The van der Waals surface area contributed by atoms with E-state index in [0.29, 0.717) is 0 Å². The molecule has 18 heavy (non-hydrogen) atoms. The summed E-state index contributed by atoms with van der Waals surface area (Å²) in [5.74, 6) is 0.880. The molecule has 0 fully saturated rings. The molecule has 1 aromatic heterocycles. The molecular formula is C15H20N2O. The summed E-state index contributed by atoms with van der Waals surface area (Å²) in [5.41, 5.74) is 3.71. The van der Waals surface area contributed by atoms with Crippen LogP contribution in [0.3, 0.4) is 0 Å². The van der Waals surface area contributed by atoms with Gasteiger partial charge in [0.15, 0.2) is 0 Å². The van der Waals surface area contributed by atoms with E-state index in [4.69, 9.17) is 4.74 Å². The van der Waals surface area contributed by atoms with E-state index in [1.165, 1.54) is 16.5 Å². The van der Waals surface area contributed by atoms with Crippen LogP contribution in [0.1, 0.15) is 18.9 Å². The summed E-state index contributed by atoms with van der Waals surface area (Å²) in [7, 11) is 3.66. The van der Waals surface area contributed by atoms with Gasteiger partial charge in [-0.05, 0) is 31.2 Å². The maximum absolute atomic E-state index is 5.24. The number of benzene rings is 1. The molecule has 96 valence electrons. The van der Waals surface area contributed by atoms with E-state index in [1.807, 2.05) is 19.2 Å². The number of aromatic nitrogens is 1. The minimum atomic E-state index is 0.880. The van der Waals surface area contributed by atoms with Gasteiger partial charge in [0.05, 0.1) is 7.11 Å². The molecule has 0 amide bonds. The third-order valence-electron chi connectivity index (χ3n) is 3.05. The van der Waals surface area contributed by atoms with Gasteiger partial charge in [-0.1, -0.05) is 13.0 Å². The highest BCUT2D eigenvalue weighted by atomic mass is 16.5. The summed E-state index contributed by atoms with van der Waals surface area (Å²) in [6.07, 6.45) is 5.38. The lowest BCUT2D eigenvalue weighted by Crippen LogP contribution is -2.09. The summed E-state index contributed by atoms with van der Waals surface area (Å²) >= 11 is 0. The predicted molar refractivity (Wildman–Crippen MR) is 77.0 cm³/mol. The average Bonchev–Trinajstić information content (AvgIpc) is 2.81. The van der Waals surface area contributed by atoms with Crippen LogP contribution in [0.5, 0.6) is 5.75 Å². The van der Waals surface area contributed by atoms with Gasteiger partial charge in [0, 0.05) is 35.3 Å². The zero-order valence-electron chi connectivity index (χ0n) is 11.2. The summed E-state index contributed by atoms with van der Waals surface area (Å²) < 4.78 is 5.24. The van der Waals surface area contributed by atoms with Crippen molar-refractivity contribution in [3.8, 4) is 5.75 Å². The molecule has 1 aromatic carbocycles. The van der Waals surface area contributed by atoms with Crippen molar-refractivity contribution in [2.45, 2.75) is 13.3 Å². The van der Waals surface area contributed by atoms with E-state index in [1.54, 1.807) is 7.11 Å². The van der Waals surface area contributed by atoms with Crippen LogP contribution in [0.25, 0.3) is 16.5 Å². The van der Waals surface area contributed by atoms with Crippen LogP contribution >= 0.6 is 0 Å². The minimum absolute atomic E-state index is 0.880. The molecule has 0 bridgehead atoms. The molecule has 0 unspecified atom stereocenters. The summed E-state index contributed by atoms with van der Waals surface area (Å²) in [6.45, 7) is 3.04. The number of ether oxygens (including phenoxy) is 1. The number of likely N-dealkylation sites (N-methyl/N-ethyl adjacent to an activating group) is 1. The van der Waals surface area contributed by atoms with Crippen molar-refractivity contribution in [1.29, 1.82) is 0 Å². The Labute approximate surface area is 108 Å². The summed E-state index contributed by atoms with van der Waals surface area (Å²) in [4.78, 5) is 3.31. The first-order chi connectivity index (χ1) is 8.80. The highest BCUT2D eigenvalue weighted by molar-refractivity contribution is 5.93. The molecule has 0 aliphatic heterocycles. The number of fused-ring (bicyclic) bond motifs is 1. The van der Waals surface area contributed by atoms with E-state index in [2.05, 4.69) is 35.6 Å². The molecule has 0 saturated carbocycles. The Bertz CT molecular complexity index is 555. The number of hydrogen-bond acceptors (Lipinski definition) is 2. The van der Waals surface area contributed by atoms with Crippen molar-refractivity contribution >= 4 is 16.5 Å². The van der Waals surface area contributed by atoms with Crippen LogP contribution in [0.15, 0.2) is 30.5 Å². The van der Waals surface area contributed by atoms with Crippen molar-refractivity contribution in [3.63, 3.8) is 0 Å². The third-order valence-corrected chi connectivity index (χ3v) is 3.05. The van der Waals surface area contributed by atoms with Crippen LogP contribution in [-0.2, 0) is 0 Å². The largest absolute Gasteiger partial charge is 0.497 e. The normalized spacial score (nSPS) is 12.1. The lowest BCUT2D eigenvalue weighted by molar-refractivity contribution is 0.415. The maximum atomic E-state index is 5.24. The first kappa shape index (κ1) is 12.7. The van der Waals surface area contributed by atoms with Gasteiger partial charge >= 0.3 is 0 Å². The maximum Gasteiger partial charge on any atom is 0.120 e. The second kappa shape index (κ2) is 5.74. The Balaban J connectivity index is 2.47. The first-order valence-corrected chi connectivity index (χ1v) is 6.29. The van der Waals surface area contributed by atoms with E-state index in [9.17, 15) is 0 Å². The quantitative estimate of drug-likeness (QED) is 0.847. The molecule has 2 rings (SSSR count). The van der Waals surface area contributed by atoms with Gasteiger partial charge in [0.25, 0.3) is 0 Å². The lowest BCUT2D eigenvalue weighted by Gasteiger charge is -2.06. The number of aromatic amines is 1. The molecule has 0 saturated heterocycles. The smallest absolute Gasteiger partial charge is 0.120 e. The fourth-order valence-electron chi connectivity index (χ4n) is 2.21. The molecule has 0 aliphatic carbocycles. The summed E-state index contributed by atoms with van der Waals surface area (Å²) in [6, 6.07) is 6.14. The monoisotopic (exact) mass is 244 g/mol. The fraction of sp³-hybridized carbons (Fsp3) is 0.333. The molecule has 0 atom stereocenters. The SMILES string of the molecule is CC/C=C(\CNC)c1c[nH]c2cc(OC)ccc12. The molecule has 3 nitrogen and oxygen atoms in total. The molecule has 0 spiro atoms. The number of methoxy groups -OCH3 is 1. The van der Waals surface area contributed by atoms with E-state index < -0.39 is 0 Å². The predicted octanol–water partition coefficient (Wildman–Crippen LogP) is 3.19. The van der Waals surface area contributed by atoms with Crippen LogP contribution in [0, 0.1) is 0 Å². The van der Waals surface area contributed by atoms with Crippen molar-refractivity contribution < 1.29 is 4.74 Å². The highest BCUT2D eigenvalue weighted by Crippen LogP contribution is 2.27. The highest BCUT2D eigenvalue weighted by Gasteiger charge is 2.08. The Morgan fingerprint density at radius 2 is 2.28 bits per heavy atom. The number of rotatable bonds is 5. The topological polar surface area (TPSA) is 37.0 Å². The van der Waals surface area contributed by atoms with Crippen LogP contribution in [-0.4, -0.2) is 25.7 Å². The zero-order chi connectivity index (χ0) is 13.0. The van der Waals surface area contributed by atoms with Gasteiger partial charge in [-0.25, -0.2) is 0 Å². The molecule has 0 radical (unpaired) electrons. The fourth-order valence-corrected chi connectivity index (χ4v) is 2.21. The first-order valence-electron chi connectivity index (χ1n) is 6.29. The Morgan fingerprint density at radius 1 is 1.44 bits per heavy atom. The van der Waals surface area contributed by atoms with E-state index in [0.717, 1.165) is 24.2 Å². The number of H-pyrrole nitrogens is 1. The third kappa shape index (κ3) is 2.41. The van der Waals surface area contributed by atoms with Crippen molar-refractivity contribution in [3.05, 3.63) is 36.0 Å². The lowest BCUT2D eigenvalue weighted by atomic mass is 10.0. The van der Waals surface area contributed by atoms with Gasteiger partial charge in [-0.3, -0.25) is 0 Å². The summed E-state index contributed by atoms with van der Waals surface area (Å²) in [5, 5.41) is 4.46. The number of nitrogens with one attached hydrogen (secondary N) is 2. The van der Waals surface area contributed by atoms with Crippen molar-refractivity contribution in [2.24, 2.45) is 0 Å². The molecule has 0 aliphatic rings. The van der Waals surface area contributed by atoms with Crippen LogP contribution in [0.2, 0.25) is 0 Å². The van der Waals surface area contributed by atoms with Crippen molar-refractivity contribution in [1.82, 2.24) is 10.3 Å². The standard InChI is InChI=1S/C15H20N2O/c1-4-5-11(9-16-2)14-10-17-15-8-12(18-3)6-7-13(14)15/h5-8,10,16-17H,4,9H2,1-3H3/b11-5+. The number of hydrogen-bond donors (Lipinski definition) is 2. The van der Waals surface area contributed by atoms with Gasteiger partial charge in [-0.2, -0.15) is 0 Å². The second-order valence-electron chi connectivity index (χ2n) is 4.28. The Morgan fingerprint density at radius 3 is 2.94 bits per heavy atom. The molecule has 2 N–H and O–H groups in total. The molecule has 3 heteroatoms. The average molecular weight is 244 g/mol. The minimum Gasteiger partial charge on any atom is -0.497 e. The van der Waals surface area contributed by atoms with Gasteiger partial charge in [-0.15, -0.1) is 0 Å². The van der Waals surface area contributed by atoms with E-state index in [-0.39, 0.29) is 0 Å². The van der Waals surface area contributed by atoms with Gasteiger partial charge < -0.3 is 15.0 Å². The van der Waals surface area contributed by atoms with Crippen LogP contribution in [0.4, 0.5) is 0 Å². The molecular weight excluding hydrogens is 224 g/mol.